The Morgan fingerprint density at radius 2 is 2.00 bits per heavy atom. The molecule has 8 heteroatoms. The van der Waals surface area contributed by atoms with Crippen molar-refractivity contribution in [2.24, 2.45) is 11.8 Å². The van der Waals surface area contributed by atoms with Crippen molar-refractivity contribution in [1.82, 2.24) is 15.5 Å². The molecule has 1 aliphatic carbocycles. The molecule has 162 valence electrons. The van der Waals surface area contributed by atoms with Crippen LogP contribution in [0.4, 0.5) is 4.79 Å². The summed E-state index contributed by atoms with van der Waals surface area (Å²) in [6.07, 6.45) is 3.47. The highest BCUT2D eigenvalue weighted by atomic mass is 16.7. The predicted molar refractivity (Wildman–Crippen MR) is 109 cm³/mol. The van der Waals surface area contributed by atoms with E-state index in [1.54, 1.807) is 13.0 Å². The van der Waals surface area contributed by atoms with Gasteiger partial charge in [0, 0.05) is 12.5 Å². The highest BCUT2D eigenvalue weighted by Crippen LogP contribution is 2.34. The van der Waals surface area contributed by atoms with Crippen LogP contribution in [0.1, 0.15) is 45.6 Å². The number of ether oxygens (including phenoxy) is 2. The van der Waals surface area contributed by atoms with Gasteiger partial charge in [-0.1, -0.05) is 32.8 Å². The molecule has 2 aliphatic heterocycles. The Balaban J connectivity index is 1.40. The van der Waals surface area contributed by atoms with E-state index in [4.69, 9.17) is 9.47 Å². The quantitative estimate of drug-likeness (QED) is 0.719. The molecule has 2 heterocycles. The summed E-state index contributed by atoms with van der Waals surface area (Å²) in [5.41, 5.74) is -0.274. The summed E-state index contributed by atoms with van der Waals surface area (Å²) in [6, 6.07) is 5.00. The van der Waals surface area contributed by atoms with E-state index in [1.807, 2.05) is 12.1 Å². The Kier molecular flexibility index (Phi) is 5.34. The lowest BCUT2D eigenvalue weighted by Crippen LogP contribution is -2.49. The fraction of sp³-hybridized carbons (Fsp3) is 0.591. The molecule has 8 nitrogen and oxygen atoms in total. The van der Waals surface area contributed by atoms with Crippen LogP contribution in [0.2, 0.25) is 0 Å². The average molecular weight is 415 g/mol. The second-order valence-electron chi connectivity index (χ2n) is 8.96. The number of hydrogen-bond donors (Lipinski definition) is 2. The van der Waals surface area contributed by atoms with Crippen molar-refractivity contribution < 1.29 is 23.9 Å². The second kappa shape index (κ2) is 7.81. The molecule has 1 aromatic carbocycles. The second-order valence-corrected chi connectivity index (χ2v) is 8.96. The molecule has 3 aliphatic rings. The molecule has 1 aromatic rings. The summed E-state index contributed by atoms with van der Waals surface area (Å²) in [7, 11) is 0. The van der Waals surface area contributed by atoms with Crippen molar-refractivity contribution >= 4 is 17.8 Å². The van der Waals surface area contributed by atoms with Crippen LogP contribution in [0.3, 0.4) is 0 Å². The predicted octanol–water partition coefficient (Wildman–Crippen LogP) is 2.21. The van der Waals surface area contributed by atoms with E-state index in [0.717, 1.165) is 23.3 Å². The minimum atomic E-state index is -1.11. The molecule has 2 N–H and O–H groups in total. The van der Waals surface area contributed by atoms with Gasteiger partial charge in [-0.2, -0.15) is 0 Å². The van der Waals surface area contributed by atoms with Crippen molar-refractivity contribution in [2.45, 2.75) is 58.0 Å². The van der Waals surface area contributed by atoms with Gasteiger partial charge in [0.15, 0.2) is 11.5 Å². The molecule has 4 rings (SSSR count). The molecule has 0 spiro atoms. The average Bonchev–Trinajstić information content (AvgIpc) is 3.23. The number of fused-ring (bicyclic) bond motifs is 1. The van der Waals surface area contributed by atoms with Crippen molar-refractivity contribution in [1.29, 1.82) is 0 Å². The molecule has 0 unspecified atom stereocenters. The van der Waals surface area contributed by atoms with E-state index < -0.39 is 17.5 Å². The SMILES string of the molecule is C[C@@H]1[C@@H](C)CCC[C@H]1NC(=O)CN1C(=O)N[C@](C)(Cc2ccc3c(c2)OCO3)C1=O. The lowest BCUT2D eigenvalue weighted by atomic mass is 9.78. The van der Waals surface area contributed by atoms with Crippen molar-refractivity contribution in [3.8, 4) is 11.5 Å². The van der Waals surface area contributed by atoms with Crippen LogP contribution in [-0.4, -0.2) is 47.7 Å². The number of amides is 4. The Bertz CT molecular complexity index is 872. The molecular weight excluding hydrogens is 386 g/mol. The molecule has 0 radical (unpaired) electrons. The van der Waals surface area contributed by atoms with Gasteiger partial charge in [-0.05, 0) is 42.9 Å². The fourth-order valence-electron chi connectivity index (χ4n) is 4.65. The Morgan fingerprint density at radius 1 is 1.23 bits per heavy atom. The van der Waals surface area contributed by atoms with Gasteiger partial charge in [0.05, 0.1) is 0 Å². The highest BCUT2D eigenvalue weighted by Gasteiger charge is 2.48. The molecule has 1 saturated carbocycles. The first-order chi connectivity index (χ1) is 14.3. The van der Waals surface area contributed by atoms with Crippen LogP contribution in [0, 0.1) is 11.8 Å². The van der Waals surface area contributed by atoms with E-state index in [-0.39, 0.29) is 25.3 Å². The highest BCUT2D eigenvalue weighted by molar-refractivity contribution is 6.09. The number of carbonyl (C=O) groups excluding carboxylic acids is 3. The number of urea groups is 1. The maximum absolute atomic E-state index is 13.0. The normalized spacial score (nSPS) is 30.4. The van der Waals surface area contributed by atoms with Gasteiger partial charge in [0.2, 0.25) is 12.7 Å². The molecule has 2 fully saturated rings. The lowest BCUT2D eigenvalue weighted by molar-refractivity contribution is -0.135. The smallest absolute Gasteiger partial charge is 0.325 e. The first-order valence-electron chi connectivity index (χ1n) is 10.6. The third-order valence-electron chi connectivity index (χ3n) is 6.69. The number of benzene rings is 1. The van der Waals surface area contributed by atoms with E-state index in [0.29, 0.717) is 29.8 Å². The molecule has 0 bridgehead atoms. The molecule has 4 amide bonds. The standard InChI is InChI=1S/C22H29N3O5/c1-13-5-4-6-16(14(13)2)23-19(26)11-25-20(27)22(3,24-21(25)28)10-15-7-8-17-18(9-15)30-12-29-17/h7-9,13-14,16H,4-6,10-12H2,1-3H3,(H,23,26)(H,24,28)/t13-,14+,16+,22+/m0/s1. The number of rotatable bonds is 5. The molecule has 1 saturated heterocycles. The maximum Gasteiger partial charge on any atom is 0.325 e. The number of carbonyl (C=O) groups is 3. The van der Waals surface area contributed by atoms with Crippen LogP contribution in [0.5, 0.6) is 11.5 Å². The monoisotopic (exact) mass is 415 g/mol. The maximum atomic E-state index is 13.0. The van der Waals surface area contributed by atoms with Crippen LogP contribution >= 0.6 is 0 Å². The van der Waals surface area contributed by atoms with E-state index in [2.05, 4.69) is 24.5 Å². The summed E-state index contributed by atoms with van der Waals surface area (Å²) in [5, 5.41) is 5.79. The molecule has 4 atom stereocenters. The summed E-state index contributed by atoms with van der Waals surface area (Å²) in [5.74, 6) is 1.52. The largest absolute Gasteiger partial charge is 0.454 e. The van der Waals surface area contributed by atoms with E-state index in [1.165, 1.54) is 6.42 Å². The van der Waals surface area contributed by atoms with Gasteiger partial charge in [0.1, 0.15) is 12.1 Å². The summed E-state index contributed by atoms with van der Waals surface area (Å²) in [6.45, 7) is 5.93. The van der Waals surface area contributed by atoms with Gasteiger partial charge >= 0.3 is 6.03 Å². The van der Waals surface area contributed by atoms with Crippen LogP contribution in [-0.2, 0) is 16.0 Å². The summed E-state index contributed by atoms with van der Waals surface area (Å²) < 4.78 is 10.7. The minimum absolute atomic E-state index is 0.0852. The number of imide groups is 1. The Hall–Kier alpha value is -2.77. The van der Waals surface area contributed by atoms with Crippen LogP contribution < -0.4 is 20.1 Å². The lowest BCUT2D eigenvalue weighted by Gasteiger charge is -2.34. The topological polar surface area (TPSA) is 97.0 Å². The van der Waals surface area contributed by atoms with Gasteiger partial charge in [-0.3, -0.25) is 14.5 Å². The van der Waals surface area contributed by atoms with Crippen molar-refractivity contribution in [2.75, 3.05) is 13.3 Å². The van der Waals surface area contributed by atoms with Crippen molar-refractivity contribution in [3.05, 3.63) is 23.8 Å². The zero-order valence-corrected chi connectivity index (χ0v) is 17.7. The number of hydrogen-bond acceptors (Lipinski definition) is 5. The number of nitrogens with one attached hydrogen (secondary N) is 2. The number of nitrogens with zero attached hydrogens (tertiary/aromatic N) is 1. The van der Waals surface area contributed by atoms with Gasteiger partial charge < -0.3 is 20.1 Å². The van der Waals surface area contributed by atoms with E-state index in [9.17, 15) is 14.4 Å². The van der Waals surface area contributed by atoms with Crippen molar-refractivity contribution in [3.63, 3.8) is 0 Å². The van der Waals surface area contributed by atoms with Gasteiger partial charge in [-0.25, -0.2) is 4.79 Å². The molecule has 30 heavy (non-hydrogen) atoms. The Labute approximate surface area is 176 Å². The first-order valence-corrected chi connectivity index (χ1v) is 10.6. The summed E-state index contributed by atoms with van der Waals surface area (Å²) in [4.78, 5) is 39.1. The third kappa shape index (κ3) is 3.82. The minimum Gasteiger partial charge on any atom is -0.454 e. The van der Waals surface area contributed by atoms with Gasteiger partial charge in [-0.15, -0.1) is 0 Å². The fourth-order valence-corrected chi connectivity index (χ4v) is 4.65. The Morgan fingerprint density at radius 3 is 2.80 bits per heavy atom. The van der Waals surface area contributed by atoms with Gasteiger partial charge in [0.25, 0.3) is 5.91 Å². The zero-order valence-electron chi connectivity index (χ0n) is 17.7. The summed E-state index contributed by atoms with van der Waals surface area (Å²) >= 11 is 0. The zero-order chi connectivity index (χ0) is 21.5. The van der Waals surface area contributed by atoms with Crippen LogP contribution in [0.25, 0.3) is 0 Å². The van der Waals surface area contributed by atoms with E-state index >= 15 is 0 Å². The van der Waals surface area contributed by atoms with Crippen LogP contribution in [0.15, 0.2) is 18.2 Å². The first kappa shape index (κ1) is 20.5. The third-order valence-corrected chi connectivity index (χ3v) is 6.69. The molecular formula is C22H29N3O5. The molecule has 0 aromatic heterocycles.